The molecule has 9 nitrogen and oxygen atoms in total. The highest BCUT2D eigenvalue weighted by Gasteiger charge is 2.54. The van der Waals surface area contributed by atoms with Crippen LogP contribution in [0.4, 0.5) is 11.4 Å². The number of halogens is 1. The maximum absolute atomic E-state index is 13.1. The number of nitrogens with zero attached hydrogens (tertiary/aromatic N) is 1. The standard InChI is InChI=1S/C51H56ClN3O6/c1-33(31-61-46-19-25-54-45-13-6-8-34(2)47(45)46)26-38-27-36-14-16-42(60-32-37-28-40(15-17-43(37)48(56)57)53-24-18-35-9-4-3-5-10-35)30-44(36)50(38)20-22-51(23-21-50,49(58)59)55-41-12-7-11-39(52)29-41/h3-5,7,9-12,14-17,19,25,28-30,33-34,38,53,55H,6,8,13,18,20-24,26-27,31-32H2,1-2H3,(H,56,57)(H,58,59)/t33-,34-,38+,50?,51?/m1/s1. The smallest absolute Gasteiger partial charge is 0.336 e. The van der Waals surface area contributed by atoms with Crippen LogP contribution < -0.4 is 20.1 Å². The third kappa shape index (κ3) is 9.23. The first-order valence-electron chi connectivity index (χ1n) is 21.8. The Balaban J connectivity index is 1.03. The molecule has 4 N–H and O–H groups in total. The topological polar surface area (TPSA) is 130 Å². The van der Waals surface area contributed by atoms with Gasteiger partial charge in [-0.1, -0.05) is 67.9 Å². The van der Waals surface area contributed by atoms with Gasteiger partial charge in [0.15, 0.2) is 0 Å². The van der Waals surface area contributed by atoms with Gasteiger partial charge >= 0.3 is 11.9 Å². The van der Waals surface area contributed by atoms with Crippen LogP contribution in [-0.4, -0.2) is 45.8 Å². The van der Waals surface area contributed by atoms with Crippen LogP contribution in [0.1, 0.15) is 109 Å². The summed E-state index contributed by atoms with van der Waals surface area (Å²) in [6.45, 7) is 5.91. The lowest BCUT2D eigenvalue weighted by molar-refractivity contribution is -0.144. The Morgan fingerprint density at radius 3 is 2.51 bits per heavy atom. The number of carboxylic acids is 2. The largest absolute Gasteiger partial charge is 0.493 e. The number of pyridine rings is 1. The second-order valence-electron chi connectivity index (χ2n) is 17.6. The summed E-state index contributed by atoms with van der Waals surface area (Å²) >= 11 is 6.32. The van der Waals surface area contributed by atoms with Gasteiger partial charge in [-0.3, -0.25) is 4.98 Å². The summed E-state index contributed by atoms with van der Waals surface area (Å²) in [4.78, 5) is 30.1. The van der Waals surface area contributed by atoms with Crippen LogP contribution in [0.5, 0.6) is 11.5 Å². The van der Waals surface area contributed by atoms with E-state index < -0.39 is 17.5 Å². The number of ether oxygens (including phenoxy) is 2. The van der Waals surface area contributed by atoms with Gasteiger partial charge in [-0.25, -0.2) is 9.59 Å². The van der Waals surface area contributed by atoms with Crippen molar-refractivity contribution in [1.29, 1.82) is 0 Å². The number of aryl methyl sites for hydroxylation is 1. The van der Waals surface area contributed by atoms with Crippen LogP contribution >= 0.6 is 11.6 Å². The molecule has 1 spiro atoms. The molecule has 1 aromatic heterocycles. The zero-order valence-corrected chi connectivity index (χ0v) is 35.8. The zero-order valence-electron chi connectivity index (χ0n) is 35.1. The predicted octanol–water partition coefficient (Wildman–Crippen LogP) is 11.1. The van der Waals surface area contributed by atoms with E-state index in [1.165, 1.54) is 22.3 Å². The summed E-state index contributed by atoms with van der Waals surface area (Å²) in [5, 5.41) is 28.2. The molecule has 1 fully saturated rings. The molecule has 4 aromatic carbocycles. The molecule has 61 heavy (non-hydrogen) atoms. The molecule has 0 amide bonds. The first kappa shape index (κ1) is 42.2. The Bertz CT molecular complexity index is 2360. The number of fused-ring (bicyclic) bond motifs is 3. The molecule has 3 aliphatic rings. The van der Waals surface area contributed by atoms with Crippen molar-refractivity contribution in [2.75, 3.05) is 23.8 Å². The Morgan fingerprint density at radius 2 is 1.74 bits per heavy atom. The van der Waals surface area contributed by atoms with Gasteiger partial charge in [0, 0.05) is 46.0 Å². The highest BCUT2D eigenvalue weighted by Crippen LogP contribution is 2.57. The maximum Gasteiger partial charge on any atom is 0.336 e. The van der Waals surface area contributed by atoms with Gasteiger partial charge in [0.2, 0.25) is 0 Å². The molecule has 318 valence electrons. The summed E-state index contributed by atoms with van der Waals surface area (Å²) in [6.07, 6.45) is 10.0. The second-order valence-corrected chi connectivity index (χ2v) is 18.1. The number of carboxylic acid groups (broad SMARTS) is 2. The van der Waals surface area contributed by atoms with E-state index in [-0.39, 0.29) is 29.4 Å². The highest BCUT2D eigenvalue weighted by atomic mass is 35.5. The van der Waals surface area contributed by atoms with Gasteiger partial charge < -0.3 is 30.3 Å². The quantitative estimate of drug-likeness (QED) is 0.0767. The van der Waals surface area contributed by atoms with Gasteiger partial charge in [0.05, 0.1) is 12.2 Å². The normalized spacial score (nSPS) is 22.1. The van der Waals surface area contributed by atoms with Crippen molar-refractivity contribution in [3.8, 4) is 11.5 Å². The Kier molecular flexibility index (Phi) is 12.6. The first-order chi connectivity index (χ1) is 29.5. The number of anilines is 2. The Hall–Kier alpha value is -5.54. The molecule has 8 rings (SSSR count). The molecular weight excluding hydrogens is 786 g/mol. The minimum atomic E-state index is -1.14. The summed E-state index contributed by atoms with van der Waals surface area (Å²) in [5.74, 6) is 0.674. The number of carbonyl (C=O) groups is 2. The van der Waals surface area contributed by atoms with Crippen molar-refractivity contribution in [3.05, 3.63) is 147 Å². The van der Waals surface area contributed by atoms with Crippen LogP contribution in [-0.2, 0) is 36.1 Å². The zero-order chi connectivity index (χ0) is 42.6. The van der Waals surface area contributed by atoms with E-state index in [4.69, 9.17) is 21.1 Å². The third-order valence-corrected chi connectivity index (χ3v) is 13.8. The van der Waals surface area contributed by atoms with Crippen LogP contribution in [0.3, 0.4) is 0 Å². The average molecular weight is 842 g/mol. The average Bonchev–Trinajstić information content (AvgIpc) is 3.54. The van der Waals surface area contributed by atoms with Crippen LogP contribution in [0, 0.1) is 11.8 Å². The minimum absolute atomic E-state index is 0.0857. The number of hydrogen-bond acceptors (Lipinski definition) is 7. The van der Waals surface area contributed by atoms with E-state index in [2.05, 4.69) is 53.7 Å². The lowest BCUT2D eigenvalue weighted by Gasteiger charge is -2.47. The minimum Gasteiger partial charge on any atom is -0.493 e. The molecular formula is C51H56ClN3O6. The molecule has 0 saturated heterocycles. The van der Waals surface area contributed by atoms with Crippen molar-refractivity contribution in [2.24, 2.45) is 11.8 Å². The number of aliphatic carboxylic acids is 1. The predicted molar refractivity (Wildman–Crippen MR) is 240 cm³/mol. The van der Waals surface area contributed by atoms with E-state index in [9.17, 15) is 19.8 Å². The summed E-state index contributed by atoms with van der Waals surface area (Å²) in [7, 11) is 0. The van der Waals surface area contributed by atoms with E-state index in [1.54, 1.807) is 24.3 Å². The highest BCUT2D eigenvalue weighted by molar-refractivity contribution is 6.30. The lowest BCUT2D eigenvalue weighted by Crippen LogP contribution is -2.53. The van der Waals surface area contributed by atoms with E-state index in [0.717, 1.165) is 55.7 Å². The summed E-state index contributed by atoms with van der Waals surface area (Å²) in [6, 6.07) is 31.1. The molecule has 3 aliphatic carbocycles. The molecule has 0 unspecified atom stereocenters. The van der Waals surface area contributed by atoms with Crippen molar-refractivity contribution in [1.82, 2.24) is 4.98 Å². The first-order valence-corrected chi connectivity index (χ1v) is 22.2. The van der Waals surface area contributed by atoms with E-state index >= 15 is 0 Å². The van der Waals surface area contributed by atoms with Crippen molar-refractivity contribution < 1.29 is 29.3 Å². The third-order valence-electron chi connectivity index (χ3n) is 13.6. The van der Waals surface area contributed by atoms with E-state index in [0.29, 0.717) is 66.8 Å². The molecule has 1 heterocycles. The number of rotatable bonds is 16. The van der Waals surface area contributed by atoms with Crippen LogP contribution in [0.2, 0.25) is 5.02 Å². The van der Waals surface area contributed by atoms with Gasteiger partial charge in [-0.15, -0.1) is 0 Å². The number of aromatic carboxylic acids is 1. The number of benzene rings is 4. The van der Waals surface area contributed by atoms with Crippen LogP contribution in [0.15, 0.2) is 103 Å². The van der Waals surface area contributed by atoms with Crippen molar-refractivity contribution in [2.45, 2.75) is 102 Å². The monoisotopic (exact) mass is 841 g/mol. The molecule has 1 saturated carbocycles. The van der Waals surface area contributed by atoms with Crippen molar-refractivity contribution >= 4 is 34.9 Å². The number of nitrogens with one attached hydrogen (secondary N) is 2. The van der Waals surface area contributed by atoms with Crippen LogP contribution in [0.25, 0.3) is 0 Å². The van der Waals surface area contributed by atoms with Crippen molar-refractivity contribution in [3.63, 3.8) is 0 Å². The lowest BCUT2D eigenvalue weighted by atomic mass is 9.59. The molecule has 0 bridgehead atoms. The van der Waals surface area contributed by atoms with Gasteiger partial charge in [0.25, 0.3) is 0 Å². The SMILES string of the molecule is C[C@@H](COc1ccnc2c1[C@H](C)CCC2)C[C@H]1Cc2ccc(OCc3cc(NCCc4ccccc4)ccc3C(=O)O)cc2C12CCC(Nc1cccc(Cl)c1)(C(=O)O)CC2. The van der Waals surface area contributed by atoms with Gasteiger partial charge in [0.1, 0.15) is 23.6 Å². The Labute approximate surface area is 363 Å². The summed E-state index contributed by atoms with van der Waals surface area (Å²) < 4.78 is 13.1. The van der Waals surface area contributed by atoms with Gasteiger partial charge in [-0.05, 0) is 159 Å². The fourth-order valence-electron chi connectivity index (χ4n) is 10.4. The summed E-state index contributed by atoms with van der Waals surface area (Å²) in [5.41, 5.74) is 6.99. The Morgan fingerprint density at radius 1 is 0.918 bits per heavy atom. The number of hydrogen-bond donors (Lipinski definition) is 4. The molecule has 0 radical (unpaired) electrons. The molecule has 0 aliphatic heterocycles. The van der Waals surface area contributed by atoms with Gasteiger partial charge in [-0.2, -0.15) is 0 Å². The molecule has 3 atom stereocenters. The fourth-order valence-corrected chi connectivity index (χ4v) is 10.5. The van der Waals surface area contributed by atoms with E-state index in [1.807, 2.05) is 54.7 Å². The maximum atomic E-state index is 13.1. The fraction of sp³-hybridized carbons (Fsp3) is 0.392. The number of aromatic nitrogens is 1. The molecule has 5 aromatic rings. The molecule has 10 heteroatoms. The second kappa shape index (κ2) is 18.2.